The number of aromatic hydroxyl groups is 1. The Bertz CT molecular complexity index is 768. The second kappa shape index (κ2) is 5.63. The van der Waals surface area contributed by atoms with Gasteiger partial charge in [-0.1, -0.05) is 0 Å². The molecule has 6 nitrogen and oxygen atoms in total. The Hall–Kier alpha value is -1.89. The summed E-state index contributed by atoms with van der Waals surface area (Å²) in [5, 5.41) is 10.5. The number of rotatable bonds is 2. The highest BCUT2D eigenvalue weighted by Gasteiger charge is 2.41. The van der Waals surface area contributed by atoms with Crippen molar-refractivity contribution in [2.45, 2.75) is 25.2 Å². The minimum Gasteiger partial charge on any atom is -0.508 e. The zero-order chi connectivity index (χ0) is 15.9. The molecule has 2 aliphatic heterocycles. The Morgan fingerprint density at radius 1 is 1.13 bits per heavy atom. The maximum atomic E-state index is 11.8. The monoisotopic (exact) mass is 318 g/mol. The van der Waals surface area contributed by atoms with Crippen LogP contribution < -0.4 is 10.5 Å². The molecular weight excluding hydrogens is 298 g/mol. The van der Waals surface area contributed by atoms with Crippen molar-refractivity contribution < 1.29 is 23.9 Å². The van der Waals surface area contributed by atoms with Gasteiger partial charge in [0.25, 0.3) is 0 Å². The van der Waals surface area contributed by atoms with Crippen molar-refractivity contribution in [3.05, 3.63) is 40.2 Å². The third-order valence-corrected chi connectivity index (χ3v) is 4.78. The molecule has 1 aromatic heterocycles. The number of hydrogen-bond donors (Lipinski definition) is 2. The molecule has 23 heavy (non-hydrogen) atoms. The van der Waals surface area contributed by atoms with Crippen LogP contribution in [0.15, 0.2) is 33.5 Å². The first-order valence-electron chi connectivity index (χ1n) is 8.01. The molecule has 4 rings (SSSR count). The highest BCUT2D eigenvalue weighted by atomic mass is 16.7. The smallest absolute Gasteiger partial charge is 0.336 e. The first-order chi connectivity index (χ1) is 11.1. The van der Waals surface area contributed by atoms with Crippen LogP contribution in [-0.4, -0.2) is 37.2 Å². The largest absolute Gasteiger partial charge is 0.508 e. The van der Waals surface area contributed by atoms with Gasteiger partial charge in [0.15, 0.2) is 5.79 Å². The maximum Gasteiger partial charge on any atom is 0.336 e. The molecule has 2 N–H and O–H groups in total. The Balaban J connectivity index is 1.56. The van der Waals surface area contributed by atoms with Crippen LogP contribution in [0.2, 0.25) is 0 Å². The molecule has 2 aliphatic rings. The Kier molecular flexibility index (Phi) is 3.60. The number of piperidine rings is 1. The average molecular weight is 318 g/mol. The summed E-state index contributed by atoms with van der Waals surface area (Å²) in [6, 6.07) is 6.35. The molecule has 0 unspecified atom stereocenters. The van der Waals surface area contributed by atoms with Crippen molar-refractivity contribution in [2.24, 2.45) is 0 Å². The van der Waals surface area contributed by atoms with Gasteiger partial charge < -0.3 is 23.9 Å². The van der Waals surface area contributed by atoms with E-state index in [2.05, 4.69) is 0 Å². The number of benzene rings is 1. The first kappa shape index (κ1) is 14.7. The minimum absolute atomic E-state index is 0.174. The predicted molar refractivity (Wildman–Crippen MR) is 82.4 cm³/mol. The molecule has 1 aromatic carbocycles. The van der Waals surface area contributed by atoms with Gasteiger partial charge in [-0.05, 0) is 18.2 Å². The number of phenols is 1. The SMILES string of the molecule is O=c1cc(C[NH+]2CCC3(CC2)OCCO3)c2cc(O)ccc2o1. The second-order valence-electron chi connectivity index (χ2n) is 6.31. The van der Waals surface area contributed by atoms with Gasteiger partial charge in [-0.3, -0.25) is 0 Å². The van der Waals surface area contributed by atoms with Gasteiger partial charge in [-0.25, -0.2) is 4.79 Å². The summed E-state index contributed by atoms with van der Waals surface area (Å²) >= 11 is 0. The Labute approximate surface area is 133 Å². The van der Waals surface area contributed by atoms with Crippen molar-refractivity contribution in [2.75, 3.05) is 26.3 Å². The topological polar surface area (TPSA) is 73.3 Å². The molecule has 122 valence electrons. The van der Waals surface area contributed by atoms with Crippen molar-refractivity contribution in [3.8, 4) is 5.75 Å². The van der Waals surface area contributed by atoms with Crippen LogP contribution in [-0.2, 0) is 16.0 Å². The second-order valence-corrected chi connectivity index (χ2v) is 6.31. The molecule has 6 heteroatoms. The third kappa shape index (κ3) is 2.85. The van der Waals surface area contributed by atoms with Crippen molar-refractivity contribution in [1.29, 1.82) is 0 Å². The summed E-state index contributed by atoms with van der Waals surface area (Å²) in [7, 11) is 0. The van der Waals surface area contributed by atoms with E-state index >= 15 is 0 Å². The number of fused-ring (bicyclic) bond motifs is 1. The zero-order valence-corrected chi connectivity index (χ0v) is 12.8. The summed E-state index contributed by atoms with van der Waals surface area (Å²) in [5.74, 6) is -0.201. The Morgan fingerprint density at radius 2 is 1.87 bits per heavy atom. The standard InChI is InChI=1S/C17H19NO5/c19-13-1-2-15-14(10-13)12(9-16(20)23-15)11-18-5-3-17(4-6-18)21-7-8-22-17/h1-2,9-10,19H,3-8,11H2/p+1. The number of phenolic OH excluding ortho intramolecular Hbond substituents is 1. The molecule has 2 fully saturated rings. The van der Waals surface area contributed by atoms with Crippen LogP contribution in [0.1, 0.15) is 18.4 Å². The Morgan fingerprint density at radius 3 is 2.61 bits per heavy atom. The number of likely N-dealkylation sites (tertiary alicyclic amines) is 1. The molecule has 2 saturated heterocycles. The predicted octanol–water partition coefficient (Wildman–Crippen LogP) is 0.420. The van der Waals surface area contributed by atoms with Crippen LogP contribution in [0.5, 0.6) is 5.75 Å². The summed E-state index contributed by atoms with van der Waals surface area (Å²) in [5.41, 5.74) is 1.07. The molecule has 0 atom stereocenters. The third-order valence-electron chi connectivity index (χ3n) is 4.78. The van der Waals surface area contributed by atoms with E-state index < -0.39 is 0 Å². The summed E-state index contributed by atoms with van der Waals surface area (Å²) < 4.78 is 16.7. The molecule has 0 amide bonds. The maximum absolute atomic E-state index is 11.8. The number of quaternary nitrogens is 1. The fraction of sp³-hybridized carbons (Fsp3) is 0.471. The van der Waals surface area contributed by atoms with E-state index in [1.807, 2.05) is 0 Å². The van der Waals surface area contributed by atoms with E-state index in [1.54, 1.807) is 12.1 Å². The lowest BCUT2D eigenvalue weighted by Crippen LogP contribution is -3.12. The molecule has 1 spiro atoms. The first-order valence-corrected chi connectivity index (χ1v) is 8.01. The molecule has 0 radical (unpaired) electrons. The zero-order valence-electron chi connectivity index (χ0n) is 12.8. The van der Waals surface area contributed by atoms with Crippen LogP contribution in [0.25, 0.3) is 11.0 Å². The van der Waals surface area contributed by atoms with Crippen LogP contribution >= 0.6 is 0 Å². The van der Waals surface area contributed by atoms with E-state index in [1.165, 1.54) is 17.0 Å². The van der Waals surface area contributed by atoms with Crippen molar-refractivity contribution >= 4 is 11.0 Å². The van der Waals surface area contributed by atoms with E-state index in [9.17, 15) is 9.90 Å². The highest BCUT2D eigenvalue weighted by Crippen LogP contribution is 2.28. The van der Waals surface area contributed by atoms with Gasteiger partial charge in [0.1, 0.15) is 17.9 Å². The lowest BCUT2D eigenvalue weighted by molar-refractivity contribution is -0.922. The van der Waals surface area contributed by atoms with E-state index in [0.717, 1.165) is 43.4 Å². The minimum atomic E-state index is -0.375. The lowest BCUT2D eigenvalue weighted by Gasteiger charge is -2.35. The summed E-state index contributed by atoms with van der Waals surface area (Å²) in [6.45, 7) is 3.95. The molecule has 3 heterocycles. The van der Waals surface area contributed by atoms with Gasteiger partial charge in [0.2, 0.25) is 0 Å². The van der Waals surface area contributed by atoms with Crippen molar-refractivity contribution in [1.82, 2.24) is 0 Å². The van der Waals surface area contributed by atoms with Gasteiger partial charge in [-0.2, -0.15) is 0 Å². The van der Waals surface area contributed by atoms with Gasteiger partial charge in [0.05, 0.1) is 39.1 Å². The van der Waals surface area contributed by atoms with Gasteiger partial charge in [0, 0.05) is 17.0 Å². The highest BCUT2D eigenvalue weighted by molar-refractivity contribution is 5.81. The molecule has 0 bridgehead atoms. The fourth-order valence-electron chi connectivity index (χ4n) is 3.58. The molecular formula is C17H20NO5+. The van der Waals surface area contributed by atoms with Crippen LogP contribution in [0.3, 0.4) is 0 Å². The van der Waals surface area contributed by atoms with E-state index in [0.29, 0.717) is 18.8 Å². The lowest BCUT2D eigenvalue weighted by atomic mass is 10.0. The molecule has 0 aliphatic carbocycles. The van der Waals surface area contributed by atoms with E-state index in [4.69, 9.17) is 13.9 Å². The summed E-state index contributed by atoms with van der Waals surface area (Å²) in [4.78, 5) is 13.1. The van der Waals surface area contributed by atoms with Gasteiger partial charge >= 0.3 is 5.63 Å². The van der Waals surface area contributed by atoms with Crippen LogP contribution in [0.4, 0.5) is 0 Å². The normalized spacial score (nSPS) is 21.2. The average Bonchev–Trinajstić information content (AvgIpc) is 2.99. The number of hydrogen-bond acceptors (Lipinski definition) is 5. The molecule has 2 aromatic rings. The fourth-order valence-corrected chi connectivity index (χ4v) is 3.58. The number of nitrogens with one attached hydrogen (secondary N) is 1. The van der Waals surface area contributed by atoms with Crippen LogP contribution in [0, 0.1) is 0 Å². The molecule has 0 saturated carbocycles. The number of ether oxygens (including phenoxy) is 2. The quantitative estimate of drug-likeness (QED) is 0.785. The van der Waals surface area contributed by atoms with Gasteiger partial charge in [-0.15, -0.1) is 0 Å². The van der Waals surface area contributed by atoms with Crippen molar-refractivity contribution in [3.63, 3.8) is 0 Å². The summed E-state index contributed by atoms with van der Waals surface area (Å²) in [6.07, 6.45) is 1.74. The van der Waals surface area contributed by atoms with E-state index in [-0.39, 0.29) is 17.2 Å².